The molecular weight excluding hydrogens is 410 g/mol. The van der Waals surface area contributed by atoms with Gasteiger partial charge >= 0.3 is 0 Å². The number of rotatable bonds is 9. The molecule has 0 aromatic heterocycles. The number of amides is 1. The molecule has 3 aromatic carbocycles. The number of carbonyl (C=O) groups is 1. The number of hydrogen-bond acceptors (Lipinski definition) is 4. The first kappa shape index (κ1) is 22.4. The van der Waals surface area contributed by atoms with Crippen LogP contribution in [0.15, 0.2) is 83.8 Å². The van der Waals surface area contributed by atoms with Crippen LogP contribution in [0.4, 0.5) is 11.4 Å². The predicted octanol–water partition coefficient (Wildman–Crippen LogP) is 4.05. The Morgan fingerprint density at radius 1 is 0.903 bits per heavy atom. The largest absolute Gasteiger partial charge is 0.375 e. The minimum absolute atomic E-state index is 0.185. The van der Waals surface area contributed by atoms with Gasteiger partial charge in [0.15, 0.2) is 0 Å². The summed E-state index contributed by atoms with van der Waals surface area (Å²) in [5.41, 5.74) is 3.01. The lowest BCUT2D eigenvalue weighted by molar-refractivity contribution is 0.0953. The van der Waals surface area contributed by atoms with Crippen LogP contribution in [-0.4, -0.2) is 34.5 Å². The van der Waals surface area contributed by atoms with Crippen molar-refractivity contribution in [2.75, 3.05) is 29.8 Å². The van der Waals surface area contributed by atoms with Gasteiger partial charge in [0.05, 0.1) is 4.90 Å². The molecule has 31 heavy (non-hydrogen) atoms. The maximum Gasteiger partial charge on any atom is 0.261 e. The third kappa shape index (κ3) is 6.33. The van der Waals surface area contributed by atoms with E-state index >= 15 is 0 Å². The van der Waals surface area contributed by atoms with Crippen molar-refractivity contribution in [3.8, 4) is 0 Å². The molecule has 0 radical (unpaired) electrons. The standard InChI is InChI=1S/C24H27N3O3S/c1-19-9-15-23(16-10-19)31(29,30)26-21-13-11-20(12-14-21)24(28)25-17-6-18-27(2)22-7-4-3-5-8-22/h3-5,7-16,26H,6,17-18H2,1-2H3,(H,25,28). The average molecular weight is 438 g/mol. The Bertz CT molecular complexity index is 1100. The number of anilines is 2. The zero-order valence-electron chi connectivity index (χ0n) is 17.7. The third-order valence-electron chi connectivity index (χ3n) is 4.88. The van der Waals surface area contributed by atoms with Gasteiger partial charge in [-0.2, -0.15) is 0 Å². The SMILES string of the molecule is Cc1ccc(S(=O)(=O)Nc2ccc(C(=O)NCCCN(C)c3ccccc3)cc2)cc1. The van der Waals surface area contributed by atoms with Crippen LogP contribution in [-0.2, 0) is 10.0 Å². The lowest BCUT2D eigenvalue weighted by Crippen LogP contribution is -2.28. The summed E-state index contributed by atoms with van der Waals surface area (Å²) in [5, 5.41) is 2.90. The van der Waals surface area contributed by atoms with Crippen LogP contribution in [0.3, 0.4) is 0 Å². The molecule has 0 fully saturated rings. The minimum Gasteiger partial charge on any atom is -0.375 e. The van der Waals surface area contributed by atoms with Crippen LogP contribution in [0.5, 0.6) is 0 Å². The Labute approximate surface area is 184 Å². The molecule has 1 amide bonds. The molecule has 0 bridgehead atoms. The van der Waals surface area contributed by atoms with Gasteiger partial charge in [0.1, 0.15) is 0 Å². The van der Waals surface area contributed by atoms with Crippen LogP contribution in [0.25, 0.3) is 0 Å². The van der Waals surface area contributed by atoms with Gasteiger partial charge in [-0.15, -0.1) is 0 Å². The van der Waals surface area contributed by atoms with E-state index in [9.17, 15) is 13.2 Å². The van der Waals surface area contributed by atoms with E-state index in [-0.39, 0.29) is 10.8 Å². The molecule has 0 heterocycles. The lowest BCUT2D eigenvalue weighted by atomic mass is 10.2. The predicted molar refractivity (Wildman–Crippen MR) is 125 cm³/mol. The summed E-state index contributed by atoms with van der Waals surface area (Å²) >= 11 is 0. The molecule has 3 rings (SSSR count). The van der Waals surface area contributed by atoms with Crippen molar-refractivity contribution in [3.63, 3.8) is 0 Å². The maximum absolute atomic E-state index is 12.5. The highest BCUT2D eigenvalue weighted by Gasteiger charge is 2.14. The molecule has 0 atom stereocenters. The Balaban J connectivity index is 1.49. The van der Waals surface area contributed by atoms with Crippen molar-refractivity contribution in [3.05, 3.63) is 90.0 Å². The molecule has 3 aromatic rings. The molecule has 0 saturated carbocycles. The Kier molecular flexibility index (Phi) is 7.31. The van der Waals surface area contributed by atoms with Gasteiger partial charge in [-0.3, -0.25) is 9.52 Å². The molecule has 0 aliphatic carbocycles. The fourth-order valence-electron chi connectivity index (χ4n) is 3.05. The van der Waals surface area contributed by atoms with Crippen LogP contribution >= 0.6 is 0 Å². The fourth-order valence-corrected chi connectivity index (χ4v) is 4.11. The summed E-state index contributed by atoms with van der Waals surface area (Å²) < 4.78 is 27.5. The summed E-state index contributed by atoms with van der Waals surface area (Å²) in [4.78, 5) is 14.7. The number of nitrogens with one attached hydrogen (secondary N) is 2. The number of hydrogen-bond donors (Lipinski definition) is 2. The molecule has 0 spiro atoms. The zero-order chi connectivity index (χ0) is 22.3. The fraction of sp³-hybridized carbons (Fsp3) is 0.208. The second-order valence-corrected chi connectivity index (χ2v) is 9.04. The quantitative estimate of drug-likeness (QED) is 0.495. The van der Waals surface area contributed by atoms with E-state index in [0.29, 0.717) is 17.8 Å². The van der Waals surface area contributed by atoms with Gasteiger partial charge < -0.3 is 10.2 Å². The van der Waals surface area contributed by atoms with Crippen molar-refractivity contribution < 1.29 is 13.2 Å². The van der Waals surface area contributed by atoms with Gasteiger partial charge in [-0.05, 0) is 61.9 Å². The van der Waals surface area contributed by atoms with Crippen molar-refractivity contribution >= 4 is 27.3 Å². The molecule has 0 aliphatic heterocycles. The van der Waals surface area contributed by atoms with Crippen LogP contribution in [0.2, 0.25) is 0 Å². The number of nitrogens with zero attached hydrogens (tertiary/aromatic N) is 1. The second-order valence-electron chi connectivity index (χ2n) is 7.36. The monoisotopic (exact) mass is 437 g/mol. The molecule has 7 heteroatoms. The minimum atomic E-state index is -3.67. The van der Waals surface area contributed by atoms with E-state index < -0.39 is 10.0 Å². The van der Waals surface area contributed by atoms with Crippen molar-refractivity contribution in [2.24, 2.45) is 0 Å². The number of sulfonamides is 1. The zero-order valence-corrected chi connectivity index (χ0v) is 18.5. The van der Waals surface area contributed by atoms with Crippen LogP contribution in [0.1, 0.15) is 22.3 Å². The van der Waals surface area contributed by atoms with Crippen molar-refractivity contribution in [1.82, 2.24) is 5.32 Å². The second kappa shape index (κ2) is 10.1. The Morgan fingerprint density at radius 3 is 2.19 bits per heavy atom. The van der Waals surface area contributed by atoms with E-state index in [1.807, 2.05) is 44.3 Å². The average Bonchev–Trinajstić information content (AvgIpc) is 2.77. The Hall–Kier alpha value is -3.32. The molecule has 0 unspecified atom stereocenters. The summed E-state index contributed by atoms with van der Waals surface area (Å²) in [7, 11) is -1.65. The molecule has 2 N–H and O–H groups in total. The summed E-state index contributed by atoms with van der Waals surface area (Å²) in [6.45, 7) is 3.27. The highest BCUT2D eigenvalue weighted by atomic mass is 32.2. The van der Waals surface area contributed by atoms with Gasteiger partial charge in [0.25, 0.3) is 15.9 Å². The highest BCUT2D eigenvalue weighted by molar-refractivity contribution is 7.92. The molecule has 6 nitrogen and oxygen atoms in total. The highest BCUT2D eigenvalue weighted by Crippen LogP contribution is 2.17. The number of benzene rings is 3. The van der Waals surface area contributed by atoms with Gasteiger partial charge in [-0.1, -0.05) is 35.9 Å². The van der Waals surface area contributed by atoms with Crippen LogP contribution in [0, 0.1) is 6.92 Å². The topological polar surface area (TPSA) is 78.5 Å². The van der Waals surface area contributed by atoms with E-state index in [2.05, 4.69) is 14.9 Å². The first-order chi connectivity index (χ1) is 14.8. The summed E-state index contributed by atoms with van der Waals surface area (Å²) in [6, 6.07) is 23.1. The van der Waals surface area contributed by atoms with Crippen molar-refractivity contribution in [2.45, 2.75) is 18.2 Å². The molecule has 0 saturated heterocycles. The van der Waals surface area contributed by atoms with E-state index in [1.54, 1.807) is 48.5 Å². The summed E-state index contributed by atoms with van der Waals surface area (Å²) in [5.74, 6) is -0.185. The first-order valence-electron chi connectivity index (χ1n) is 10.1. The van der Waals surface area contributed by atoms with Gasteiger partial charge in [-0.25, -0.2) is 8.42 Å². The van der Waals surface area contributed by atoms with Crippen molar-refractivity contribution in [1.29, 1.82) is 0 Å². The summed E-state index contributed by atoms with van der Waals surface area (Å²) in [6.07, 6.45) is 0.811. The van der Waals surface area contributed by atoms with E-state index in [1.165, 1.54) is 0 Å². The van der Waals surface area contributed by atoms with Gasteiger partial charge in [0, 0.05) is 37.1 Å². The number of carbonyl (C=O) groups excluding carboxylic acids is 1. The van der Waals surface area contributed by atoms with E-state index in [0.717, 1.165) is 24.2 Å². The molecule has 162 valence electrons. The van der Waals surface area contributed by atoms with Gasteiger partial charge in [0.2, 0.25) is 0 Å². The third-order valence-corrected chi connectivity index (χ3v) is 6.28. The molecule has 0 aliphatic rings. The first-order valence-corrected chi connectivity index (χ1v) is 11.6. The Morgan fingerprint density at radius 2 is 1.55 bits per heavy atom. The number of para-hydroxylation sites is 1. The van der Waals surface area contributed by atoms with E-state index in [4.69, 9.17) is 0 Å². The normalized spacial score (nSPS) is 11.0. The molecular formula is C24H27N3O3S. The lowest BCUT2D eigenvalue weighted by Gasteiger charge is -2.19. The number of aryl methyl sites for hydroxylation is 1. The maximum atomic E-state index is 12.5. The smallest absolute Gasteiger partial charge is 0.261 e. The van der Waals surface area contributed by atoms with Crippen LogP contribution < -0.4 is 14.9 Å².